The van der Waals surface area contributed by atoms with Gasteiger partial charge in [0.15, 0.2) is 0 Å². The van der Waals surface area contributed by atoms with Crippen molar-refractivity contribution in [2.45, 2.75) is 26.5 Å². The molecule has 0 aliphatic rings. The van der Waals surface area contributed by atoms with Crippen molar-refractivity contribution in [2.75, 3.05) is 26.2 Å². The Morgan fingerprint density at radius 1 is 1.00 bits per heavy atom. The molecule has 3 amide bonds. The van der Waals surface area contributed by atoms with E-state index in [0.717, 1.165) is 35.4 Å². The van der Waals surface area contributed by atoms with Crippen LogP contribution in [0.15, 0.2) is 81.2 Å². The van der Waals surface area contributed by atoms with E-state index in [0.29, 0.717) is 19.5 Å². The molecule has 0 spiro atoms. The van der Waals surface area contributed by atoms with Crippen molar-refractivity contribution in [3.8, 4) is 0 Å². The molecule has 1 aromatic carbocycles. The molecular formula is C28H39N3O6. The average Bonchev–Trinajstić information content (AvgIpc) is 2.92. The normalized spacial score (nSPS) is 9.81. The Kier molecular flexibility index (Phi) is 21.0. The van der Waals surface area contributed by atoms with Gasteiger partial charge in [0, 0.05) is 25.2 Å². The predicted molar refractivity (Wildman–Crippen MR) is 147 cm³/mol. The number of carbonyl (C=O) groups is 4. The van der Waals surface area contributed by atoms with Crippen LogP contribution in [0.1, 0.15) is 25.0 Å². The van der Waals surface area contributed by atoms with E-state index in [4.69, 9.17) is 0 Å². The fourth-order valence-electron chi connectivity index (χ4n) is 2.28. The first-order valence-electron chi connectivity index (χ1n) is 11.4. The average molecular weight is 514 g/mol. The van der Waals surface area contributed by atoms with Gasteiger partial charge in [0.1, 0.15) is 12.7 Å². The minimum Gasteiger partial charge on any atom is -0.460 e. The van der Waals surface area contributed by atoms with Crippen molar-refractivity contribution in [1.82, 2.24) is 14.7 Å². The SMILES string of the molecule is C=CCN(C=O)CC.C=CN(C=O)CC(O)COC(=O)C(=C)C.C=Cc1ccc(CN(C=C)C=O)cc1. The Hall–Kier alpha value is -4.24. The number of nitrogens with zero attached hydrogens (tertiary/aromatic N) is 3. The van der Waals surface area contributed by atoms with Gasteiger partial charge in [-0.15, -0.1) is 6.58 Å². The zero-order chi connectivity index (χ0) is 28.6. The third-order valence-corrected chi connectivity index (χ3v) is 4.42. The van der Waals surface area contributed by atoms with Gasteiger partial charge in [0.05, 0.1) is 6.54 Å². The highest BCUT2D eigenvalue weighted by molar-refractivity contribution is 5.86. The van der Waals surface area contributed by atoms with E-state index < -0.39 is 12.1 Å². The van der Waals surface area contributed by atoms with Gasteiger partial charge in [0.2, 0.25) is 19.2 Å². The first-order valence-corrected chi connectivity index (χ1v) is 11.4. The third-order valence-electron chi connectivity index (χ3n) is 4.42. The zero-order valence-corrected chi connectivity index (χ0v) is 21.8. The lowest BCUT2D eigenvalue weighted by molar-refractivity contribution is -0.142. The van der Waals surface area contributed by atoms with Gasteiger partial charge in [-0.05, 0) is 37.4 Å². The first-order chi connectivity index (χ1) is 17.6. The van der Waals surface area contributed by atoms with E-state index in [2.05, 4.69) is 37.6 Å². The molecule has 0 saturated heterocycles. The summed E-state index contributed by atoms with van der Waals surface area (Å²) in [5.74, 6) is -0.565. The van der Waals surface area contributed by atoms with E-state index in [1.54, 1.807) is 17.1 Å². The molecular weight excluding hydrogens is 474 g/mol. The van der Waals surface area contributed by atoms with Gasteiger partial charge < -0.3 is 24.5 Å². The van der Waals surface area contributed by atoms with Crippen molar-refractivity contribution >= 4 is 31.3 Å². The lowest BCUT2D eigenvalue weighted by atomic mass is 10.1. The van der Waals surface area contributed by atoms with Crippen LogP contribution in [0.4, 0.5) is 0 Å². The summed E-state index contributed by atoms with van der Waals surface area (Å²) in [6, 6.07) is 7.87. The molecule has 1 unspecified atom stereocenters. The Morgan fingerprint density at radius 2 is 1.57 bits per heavy atom. The van der Waals surface area contributed by atoms with E-state index in [1.165, 1.54) is 24.2 Å². The van der Waals surface area contributed by atoms with Gasteiger partial charge >= 0.3 is 5.97 Å². The van der Waals surface area contributed by atoms with Gasteiger partial charge in [-0.1, -0.05) is 62.7 Å². The molecule has 1 atom stereocenters. The number of amides is 3. The maximum atomic E-state index is 10.9. The lowest BCUT2D eigenvalue weighted by Crippen LogP contribution is -2.31. The van der Waals surface area contributed by atoms with Crippen LogP contribution in [0.25, 0.3) is 6.08 Å². The fourth-order valence-corrected chi connectivity index (χ4v) is 2.28. The molecule has 0 saturated carbocycles. The van der Waals surface area contributed by atoms with Crippen molar-refractivity contribution in [2.24, 2.45) is 0 Å². The summed E-state index contributed by atoms with van der Waals surface area (Å²) in [6.45, 7) is 22.7. The van der Waals surface area contributed by atoms with Crippen LogP contribution in [-0.4, -0.2) is 77.4 Å². The second-order valence-electron chi connectivity index (χ2n) is 7.41. The number of esters is 1. The highest BCUT2D eigenvalue weighted by Gasteiger charge is 2.11. The first kappa shape index (κ1) is 34.9. The summed E-state index contributed by atoms with van der Waals surface area (Å²) in [7, 11) is 0. The van der Waals surface area contributed by atoms with Gasteiger partial charge in [0.25, 0.3) is 0 Å². The van der Waals surface area contributed by atoms with Crippen LogP contribution in [-0.2, 0) is 30.5 Å². The molecule has 0 aromatic heterocycles. The van der Waals surface area contributed by atoms with Gasteiger partial charge in [-0.25, -0.2) is 4.79 Å². The summed E-state index contributed by atoms with van der Waals surface area (Å²) in [5.41, 5.74) is 2.41. The van der Waals surface area contributed by atoms with Crippen LogP contribution < -0.4 is 0 Å². The van der Waals surface area contributed by atoms with Crippen LogP contribution in [0, 0.1) is 0 Å². The van der Waals surface area contributed by atoms with Crippen LogP contribution >= 0.6 is 0 Å². The minimum atomic E-state index is -0.934. The number of benzene rings is 1. The Labute approximate surface area is 220 Å². The maximum absolute atomic E-state index is 10.9. The molecule has 1 rings (SSSR count). The molecule has 0 bridgehead atoms. The van der Waals surface area contributed by atoms with E-state index in [1.807, 2.05) is 31.2 Å². The van der Waals surface area contributed by atoms with Crippen molar-refractivity contribution in [3.63, 3.8) is 0 Å². The highest BCUT2D eigenvalue weighted by atomic mass is 16.5. The maximum Gasteiger partial charge on any atom is 0.333 e. The number of likely N-dealkylation sites (N-methyl/N-ethyl adjacent to an activating group) is 1. The largest absolute Gasteiger partial charge is 0.460 e. The van der Waals surface area contributed by atoms with Crippen LogP contribution in [0.3, 0.4) is 0 Å². The van der Waals surface area contributed by atoms with Crippen LogP contribution in [0.2, 0.25) is 0 Å². The van der Waals surface area contributed by atoms with E-state index >= 15 is 0 Å². The Bertz CT molecular complexity index is 866. The summed E-state index contributed by atoms with van der Waals surface area (Å²) < 4.78 is 4.69. The van der Waals surface area contributed by atoms with Gasteiger partial charge in [-0.2, -0.15) is 0 Å². The number of rotatable bonds is 16. The summed E-state index contributed by atoms with van der Waals surface area (Å²) in [6.07, 6.45) is 7.45. The topological polar surface area (TPSA) is 107 Å². The number of aliphatic hydroxyl groups excluding tert-OH is 1. The number of hydrogen-bond donors (Lipinski definition) is 1. The number of carbonyl (C=O) groups excluding carboxylic acids is 4. The second-order valence-corrected chi connectivity index (χ2v) is 7.41. The van der Waals surface area contributed by atoms with Gasteiger partial charge in [-0.3, -0.25) is 14.4 Å². The monoisotopic (exact) mass is 513 g/mol. The van der Waals surface area contributed by atoms with Crippen molar-refractivity contribution in [1.29, 1.82) is 0 Å². The molecule has 202 valence electrons. The zero-order valence-electron chi connectivity index (χ0n) is 21.8. The molecule has 1 aromatic rings. The summed E-state index contributed by atoms with van der Waals surface area (Å²) in [4.78, 5) is 46.1. The second kappa shape index (κ2) is 22.2. The molecule has 0 radical (unpaired) electrons. The standard InChI is InChI=1S/C12H13NO.C10H15NO4.C6H11NO/c1-3-11-5-7-12(8-6-11)9-13(4-2)10-14;1-4-11(7-12)5-9(13)6-15-10(14)8(2)3;1-3-5-7(4-2)6-8/h3-8,10H,1-2,9H2;4,7,9,13H,1-2,5-6H2,3H3;3,6H,1,4-5H2,2H3. The number of ether oxygens (including phenoxy) is 1. The van der Waals surface area contributed by atoms with E-state index in [-0.39, 0.29) is 18.7 Å². The lowest BCUT2D eigenvalue weighted by Gasteiger charge is -2.16. The molecule has 1 N–H and O–H groups in total. The number of hydrogen-bond acceptors (Lipinski definition) is 6. The molecule has 0 fully saturated rings. The Balaban J connectivity index is 0. The van der Waals surface area contributed by atoms with Crippen molar-refractivity contribution < 1.29 is 29.0 Å². The van der Waals surface area contributed by atoms with Crippen molar-refractivity contribution in [3.05, 3.63) is 92.3 Å². The molecule has 0 heterocycles. The Morgan fingerprint density at radius 3 is 1.92 bits per heavy atom. The minimum absolute atomic E-state index is 0.0382. The third kappa shape index (κ3) is 17.8. The molecule has 9 nitrogen and oxygen atoms in total. The predicted octanol–water partition coefficient (Wildman–Crippen LogP) is 3.15. The molecule has 37 heavy (non-hydrogen) atoms. The number of aliphatic hydroxyl groups is 1. The smallest absolute Gasteiger partial charge is 0.333 e. The fraction of sp³-hybridized carbons (Fsp3) is 0.286. The summed E-state index contributed by atoms with van der Waals surface area (Å²) in [5, 5.41) is 9.36. The van der Waals surface area contributed by atoms with Crippen LogP contribution in [0.5, 0.6) is 0 Å². The molecule has 9 heteroatoms. The molecule has 0 aliphatic carbocycles. The summed E-state index contributed by atoms with van der Waals surface area (Å²) >= 11 is 0. The quantitative estimate of drug-likeness (QED) is 0.158. The molecule has 0 aliphatic heterocycles. The van der Waals surface area contributed by atoms with E-state index in [9.17, 15) is 24.3 Å². The highest BCUT2D eigenvalue weighted by Crippen LogP contribution is 2.07.